The average Bonchev–Trinajstić information content (AvgIpc) is 2.67. The number of hydrogen-bond donors (Lipinski definition) is 1. The fraction of sp³-hybridized carbons (Fsp3) is 0.333. The summed E-state index contributed by atoms with van der Waals surface area (Å²) in [5.74, 6) is -0.216. The van der Waals surface area contributed by atoms with Crippen LogP contribution in [0.5, 0.6) is 5.75 Å². The highest BCUT2D eigenvalue weighted by Gasteiger charge is 2.41. The summed E-state index contributed by atoms with van der Waals surface area (Å²) in [7, 11) is 0. The van der Waals surface area contributed by atoms with E-state index >= 15 is 0 Å². The first-order valence-corrected chi connectivity index (χ1v) is 8.72. The molecule has 0 saturated carbocycles. The Kier molecular flexibility index (Phi) is 5.88. The molecule has 0 spiro atoms. The Labute approximate surface area is 161 Å². The van der Waals surface area contributed by atoms with Crippen LogP contribution in [-0.4, -0.2) is 58.6 Å². The number of primary amides is 1. The predicted molar refractivity (Wildman–Crippen MR) is 97.4 cm³/mol. The van der Waals surface area contributed by atoms with Gasteiger partial charge in [0.15, 0.2) is 0 Å². The van der Waals surface area contributed by atoms with Gasteiger partial charge < -0.3 is 20.1 Å². The molecule has 9 heteroatoms. The van der Waals surface area contributed by atoms with Gasteiger partial charge in [0.1, 0.15) is 18.0 Å². The van der Waals surface area contributed by atoms with E-state index in [0.717, 1.165) is 0 Å². The van der Waals surface area contributed by atoms with E-state index in [2.05, 4.69) is 9.97 Å². The Hall–Kier alpha value is -2.71. The van der Waals surface area contributed by atoms with Crippen LogP contribution in [-0.2, 0) is 9.53 Å². The summed E-state index contributed by atoms with van der Waals surface area (Å²) in [5.41, 5.74) is 4.36. The van der Waals surface area contributed by atoms with E-state index in [1.807, 2.05) is 0 Å². The molecule has 0 aliphatic carbocycles. The Balaban J connectivity index is 1.75. The molecule has 2 N–H and O–H groups in total. The lowest BCUT2D eigenvalue weighted by molar-refractivity contribution is -0.142. The highest BCUT2D eigenvalue weighted by molar-refractivity contribution is 6.30. The van der Waals surface area contributed by atoms with E-state index < -0.39 is 11.5 Å². The molecule has 27 heavy (non-hydrogen) atoms. The van der Waals surface area contributed by atoms with Crippen molar-refractivity contribution in [2.24, 2.45) is 5.73 Å². The third-order valence-corrected chi connectivity index (χ3v) is 4.36. The molecule has 142 valence electrons. The minimum atomic E-state index is -1.05. The fourth-order valence-corrected chi connectivity index (χ4v) is 3.00. The summed E-state index contributed by atoms with van der Waals surface area (Å²) < 4.78 is 11.6. The molecule has 1 aromatic carbocycles. The molecule has 1 fully saturated rings. The lowest BCUT2D eigenvalue weighted by Gasteiger charge is -2.41. The Morgan fingerprint density at radius 2 is 1.96 bits per heavy atom. The molecule has 2 aromatic rings. The third kappa shape index (κ3) is 4.93. The van der Waals surface area contributed by atoms with Crippen molar-refractivity contribution in [1.29, 1.82) is 0 Å². The number of benzene rings is 1. The van der Waals surface area contributed by atoms with E-state index in [1.165, 1.54) is 12.4 Å². The van der Waals surface area contributed by atoms with Gasteiger partial charge >= 0.3 is 0 Å². The molecule has 1 saturated heterocycles. The van der Waals surface area contributed by atoms with Crippen LogP contribution in [0.15, 0.2) is 42.7 Å². The number of aromatic nitrogens is 2. The number of rotatable bonds is 6. The maximum atomic E-state index is 12.7. The second-order valence-electron chi connectivity index (χ2n) is 6.22. The molecular formula is C18H19ClN4O4. The highest BCUT2D eigenvalue weighted by Crippen LogP contribution is 2.25. The molecule has 3 rings (SSSR count). The first-order chi connectivity index (χ1) is 13.0. The molecule has 0 bridgehead atoms. The van der Waals surface area contributed by atoms with Gasteiger partial charge in [0.2, 0.25) is 11.7 Å². The fourth-order valence-electron chi connectivity index (χ4n) is 2.88. The number of hydrogen-bond acceptors (Lipinski definition) is 6. The summed E-state index contributed by atoms with van der Waals surface area (Å²) in [6, 6.07) is 8.45. The van der Waals surface area contributed by atoms with Crippen molar-refractivity contribution in [3.63, 3.8) is 0 Å². The lowest BCUT2D eigenvalue weighted by Crippen LogP contribution is -2.58. The molecule has 1 aliphatic rings. The van der Waals surface area contributed by atoms with E-state index in [1.54, 1.807) is 35.2 Å². The van der Waals surface area contributed by atoms with Crippen LogP contribution in [0.3, 0.4) is 0 Å². The van der Waals surface area contributed by atoms with Crippen molar-refractivity contribution < 1.29 is 19.1 Å². The number of carbonyl (C=O) groups is 2. The van der Waals surface area contributed by atoms with E-state index in [0.29, 0.717) is 17.3 Å². The number of nitrogens with zero attached hydrogens (tertiary/aromatic N) is 3. The van der Waals surface area contributed by atoms with E-state index in [9.17, 15) is 9.59 Å². The maximum Gasteiger partial charge on any atom is 0.291 e. The van der Waals surface area contributed by atoms with Crippen molar-refractivity contribution in [3.05, 3.63) is 53.6 Å². The molecule has 2 amide bonds. The van der Waals surface area contributed by atoms with Gasteiger partial charge in [0.05, 0.1) is 19.6 Å². The van der Waals surface area contributed by atoms with E-state index in [4.69, 9.17) is 26.8 Å². The zero-order valence-corrected chi connectivity index (χ0v) is 15.3. The van der Waals surface area contributed by atoms with Gasteiger partial charge in [0.25, 0.3) is 5.91 Å². The van der Waals surface area contributed by atoms with Crippen molar-refractivity contribution >= 4 is 23.4 Å². The first kappa shape index (κ1) is 19.1. The maximum absolute atomic E-state index is 12.7. The van der Waals surface area contributed by atoms with Crippen LogP contribution in [0, 0.1) is 0 Å². The molecule has 2 heterocycles. The number of nitrogens with two attached hydrogens (primary N) is 1. The van der Waals surface area contributed by atoms with Crippen LogP contribution in [0.25, 0.3) is 0 Å². The summed E-state index contributed by atoms with van der Waals surface area (Å²) >= 11 is 5.87. The second-order valence-corrected chi connectivity index (χ2v) is 6.65. The van der Waals surface area contributed by atoms with Gasteiger partial charge in [-0.25, -0.2) is 9.97 Å². The summed E-state index contributed by atoms with van der Waals surface area (Å²) in [6.07, 6.45) is 2.92. The highest BCUT2D eigenvalue weighted by atomic mass is 35.5. The zero-order chi connectivity index (χ0) is 19.3. The van der Waals surface area contributed by atoms with Gasteiger partial charge in [-0.05, 0) is 30.3 Å². The topological polar surface area (TPSA) is 108 Å². The molecule has 1 unspecified atom stereocenters. The number of ether oxygens (including phenoxy) is 2. The minimum Gasteiger partial charge on any atom is -0.490 e. The quantitative estimate of drug-likeness (QED) is 0.796. The molecular weight excluding hydrogens is 372 g/mol. The minimum absolute atomic E-state index is 0.0526. The van der Waals surface area contributed by atoms with Crippen LogP contribution in [0.1, 0.15) is 17.0 Å². The van der Waals surface area contributed by atoms with Gasteiger partial charge in [-0.3, -0.25) is 9.59 Å². The second kappa shape index (κ2) is 8.32. The predicted octanol–water partition coefficient (Wildman–Crippen LogP) is 1.30. The van der Waals surface area contributed by atoms with Crippen LogP contribution >= 0.6 is 11.6 Å². The largest absolute Gasteiger partial charge is 0.490 e. The average molecular weight is 391 g/mol. The summed E-state index contributed by atoms with van der Waals surface area (Å²) in [5, 5.41) is 0.586. The van der Waals surface area contributed by atoms with Gasteiger partial charge in [-0.15, -0.1) is 0 Å². The number of amides is 2. The molecule has 1 aromatic heterocycles. The summed E-state index contributed by atoms with van der Waals surface area (Å²) in [6.45, 7) is 0.798. The first-order valence-electron chi connectivity index (χ1n) is 8.34. The smallest absolute Gasteiger partial charge is 0.291 e. The van der Waals surface area contributed by atoms with Crippen molar-refractivity contribution in [2.45, 2.75) is 12.0 Å². The van der Waals surface area contributed by atoms with Crippen LogP contribution < -0.4 is 10.5 Å². The van der Waals surface area contributed by atoms with Crippen molar-refractivity contribution in [1.82, 2.24) is 14.9 Å². The lowest BCUT2D eigenvalue weighted by atomic mass is 9.97. The molecule has 1 atom stereocenters. The monoisotopic (exact) mass is 390 g/mol. The molecule has 8 nitrogen and oxygen atoms in total. The Morgan fingerprint density at radius 1 is 1.26 bits per heavy atom. The number of halogens is 1. The number of morpholine rings is 1. The number of carbonyl (C=O) groups excluding carboxylic acids is 2. The van der Waals surface area contributed by atoms with Gasteiger partial charge in [-0.1, -0.05) is 11.6 Å². The standard InChI is InChI=1S/C18H19ClN4O4/c19-13-2-4-14(5-3-13)26-12-18(10-15(20)24)11-23(8-9-27-18)17(25)16-21-6-1-7-22-16/h1-7H,8-12H2,(H2,20,24). The van der Waals surface area contributed by atoms with E-state index in [-0.39, 0.29) is 37.9 Å². The van der Waals surface area contributed by atoms with Gasteiger partial charge in [-0.2, -0.15) is 0 Å². The normalized spacial score (nSPS) is 19.5. The van der Waals surface area contributed by atoms with Gasteiger partial charge in [0, 0.05) is 24.0 Å². The molecule has 1 aliphatic heterocycles. The third-order valence-electron chi connectivity index (χ3n) is 4.10. The summed E-state index contributed by atoms with van der Waals surface area (Å²) in [4.78, 5) is 33.8. The SMILES string of the molecule is NC(=O)CC1(COc2ccc(Cl)cc2)CN(C(=O)c2ncccn2)CCO1. The van der Waals surface area contributed by atoms with Crippen LogP contribution in [0.2, 0.25) is 5.02 Å². The zero-order valence-electron chi connectivity index (χ0n) is 14.5. The van der Waals surface area contributed by atoms with Crippen LogP contribution in [0.4, 0.5) is 0 Å². The Morgan fingerprint density at radius 3 is 2.63 bits per heavy atom. The van der Waals surface area contributed by atoms with Crippen molar-refractivity contribution in [3.8, 4) is 5.75 Å². The Bertz CT molecular complexity index is 803. The van der Waals surface area contributed by atoms with Crippen molar-refractivity contribution in [2.75, 3.05) is 26.3 Å². The molecule has 0 radical (unpaired) electrons.